The molecule has 0 spiro atoms. The van der Waals surface area contributed by atoms with E-state index in [1.54, 1.807) is 6.92 Å². The standard InChI is InChI=1S/C5H4ClN2/c1-4-5(6)2-7-3-8-4/h2H,1H3. The van der Waals surface area contributed by atoms with Crippen molar-refractivity contribution in [3.05, 3.63) is 23.2 Å². The molecule has 0 unspecified atom stereocenters. The molecule has 8 heavy (non-hydrogen) atoms. The van der Waals surface area contributed by atoms with Crippen molar-refractivity contribution >= 4 is 11.6 Å². The highest BCUT2D eigenvalue weighted by Crippen LogP contribution is 2.06. The second kappa shape index (κ2) is 2.09. The number of rotatable bonds is 0. The van der Waals surface area contributed by atoms with E-state index in [1.165, 1.54) is 6.20 Å². The predicted octanol–water partition coefficient (Wildman–Crippen LogP) is 1.24. The quantitative estimate of drug-likeness (QED) is 0.524. The van der Waals surface area contributed by atoms with Crippen LogP contribution >= 0.6 is 11.6 Å². The van der Waals surface area contributed by atoms with Gasteiger partial charge in [0.05, 0.1) is 10.7 Å². The van der Waals surface area contributed by atoms with Crippen molar-refractivity contribution < 1.29 is 0 Å². The molecule has 0 fully saturated rings. The second-order valence-corrected chi connectivity index (χ2v) is 1.81. The van der Waals surface area contributed by atoms with Gasteiger partial charge < -0.3 is 0 Å². The van der Waals surface area contributed by atoms with Gasteiger partial charge in [0.2, 0.25) is 0 Å². The molecule has 0 aliphatic carbocycles. The fourth-order valence-electron chi connectivity index (χ4n) is 0.336. The van der Waals surface area contributed by atoms with Gasteiger partial charge in [-0.2, -0.15) is 0 Å². The Hall–Kier alpha value is -0.630. The lowest BCUT2D eigenvalue weighted by molar-refractivity contribution is 1.09. The summed E-state index contributed by atoms with van der Waals surface area (Å²) in [4.78, 5) is 7.29. The maximum absolute atomic E-state index is 5.56. The van der Waals surface area contributed by atoms with E-state index >= 15 is 0 Å². The van der Waals surface area contributed by atoms with E-state index in [2.05, 4.69) is 16.3 Å². The molecule has 41 valence electrons. The van der Waals surface area contributed by atoms with Crippen LogP contribution in [0.1, 0.15) is 5.69 Å². The normalized spacial score (nSPS) is 9.25. The van der Waals surface area contributed by atoms with E-state index in [-0.39, 0.29) is 0 Å². The van der Waals surface area contributed by atoms with Crippen LogP contribution in [-0.2, 0) is 0 Å². The van der Waals surface area contributed by atoms with Gasteiger partial charge in [-0.1, -0.05) is 11.6 Å². The van der Waals surface area contributed by atoms with Crippen molar-refractivity contribution in [1.82, 2.24) is 9.97 Å². The number of aromatic nitrogens is 2. The zero-order valence-corrected chi connectivity index (χ0v) is 5.11. The Morgan fingerprint density at radius 3 is 2.88 bits per heavy atom. The maximum atomic E-state index is 5.56. The molecule has 0 atom stereocenters. The molecule has 1 aromatic rings. The van der Waals surface area contributed by atoms with E-state index < -0.39 is 0 Å². The highest BCUT2D eigenvalue weighted by Gasteiger charge is 1.90. The first kappa shape index (κ1) is 5.51. The minimum absolute atomic E-state index is 0.587. The van der Waals surface area contributed by atoms with Gasteiger partial charge in [0.15, 0.2) is 6.33 Å². The average molecular weight is 128 g/mol. The van der Waals surface area contributed by atoms with E-state index in [4.69, 9.17) is 11.6 Å². The van der Waals surface area contributed by atoms with Crippen LogP contribution in [0.3, 0.4) is 0 Å². The zero-order valence-electron chi connectivity index (χ0n) is 4.35. The molecule has 0 aliphatic rings. The van der Waals surface area contributed by atoms with E-state index in [1.807, 2.05) is 0 Å². The summed E-state index contributed by atoms with van der Waals surface area (Å²) in [6, 6.07) is 0. The van der Waals surface area contributed by atoms with Crippen LogP contribution in [0.25, 0.3) is 0 Å². The third-order valence-electron chi connectivity index (χ3n) is 0.799. The van der Waals surface area contributed by atoms with Crippen LogP contribution in [-0.4, -0.2) is 9.97 Å². The molecule has 3 heteroatoms. The molecule has 2 nitrogen and oxygen atoms in total. The summed E-state index contributed by atoms with van der Waals surface area (Å²) < 4.78 is 0. The fraction of sp³-hybridized carbons (Fsp3) is 0.200. The van der Waals surface area contributed by atoms with Gasteiger partial charge >= 0.3 is 0 Å². The average Bonchev–Trinajstić information content (AvgIpc) is 1.77. The summed E-state index contributed by atoms with van der Waals surface area (Å²) in [5.74, 6) is 0. The lowest BCUT2D eigenvalue weighted by atomic mass is 10.5. The van der Waals surface area contributed by atoms with Gasteiger partial charge in [-0.3, -0.25) is 0 Å². The topological polar surface area (TPSA) is 25.8 Å². The molecule has 0 amide bonds. The van der Waals surface area contributed by atoms with E-state index in [0.717, 1.165) is 5.69 Å². The van der Waals surface area contributed by atoms with Crippen LogP contribution < -0.4 is 0 Å². The molecule has 0 aliphatic heterocycles. The Balaban J connectivity index is 3.13. The first-order valence-electron chi connectivity index (χ1n) is 2.16. The molecule has 0 saturated carbocycles. The summed E-state index contributed by atoms with van der Waals surface area (Å²) in [7, 11) is 0. The molecule has 1 rings (SSSR count). The first-order valence-corrected chi connectivity index (χ1v) is 2.53. The van der Waals surface area contributed by atoms with Gasteiger partial charge in [0.25, 0.3) is 0 Å². The summed E-state index contributed by atoms with van der Waals surface area (Å²) in [6.07, 6.45) is 3.93. The van der Waals surface area contributed by atoms with Gasteiger partial charge in [-0.15, -0.1) is 0 Å². The van der Waals surface area contributed by atoms with Crippen molar-refractivity contribution in [2.75, 3.05) is 0 Å². The van der Waals surface area contributed by atoms with Gasteiger partial charge in [-0.25, -0.2) is 9.97 Å². The van der Waals surface area contributed by atoms with Crippen molar-refractivity contribution in [3.63, 3.8) is 0 Å². The summed E-state index contributed by atoms with van der Waals surface area (Å²) in [5.41, 5.74) is 0.765. The summed E-state index contributed by atoms with van der Waals surface area (Å²) in [5, 5.41) is 0.587. The third kappa shape index (κ3) is 0.954. The fourth-order valence-corrected chi connectivity index (χ4v) is 0.427. The summed E-state index contributed by atoms with van der Waals surface area (Å²) >= 11 is 5.56. The molecule has 0 saturated heterocycles. The molecule has 1 heterocycles. The molecule has 0 aromatic carbocycles. The Bertz CT molecular complexity index is 167. The van der Waals surface area contributed by atoms with Crippen LogP contribution in [0.15, 0.2) is 6.20 Å². The van der Waals surface area contributed by atoms with E-state index in [9.17, 15) is 0 Å². The number of nitrogens with zero attached hydrogens (tertiary/aromatic N) is 2. The second-order valence-electron chi connectivity index (χ2n) is 1.40. The largest absolute Gasteiger partial charge is 0.232 e. The van der Waals surface area contributed by atoms with Crippen molar-refractivity contribution in [2.45, 2.75) is 6.92 Å². The Kier molecular flexibility index (Phi) is 1.44. The highest BCUT2D eigenvalue weighted by atomic mass is 35.5. The summed E-state index contributed by atoms with van der Waals surface area (Å²) in [6.45, 7) is 1.81. The van der Waals surface area contributed by atoms with Crippen molar-refractivity contribution in [2.24, 2.45) is 0 Å². The van der Waals surface area contributed by atoms with Crippen LogP contribution in [0, 0.1) is 13.3 Å². The molecule has 0 bridgehead atoms. The van der Waals surface area contributed by atoms with Crippen LogP contribution in [0.4, 0.5) is 0 Å². The molecule has 1 aromatic heterocycles. The minimum atomic E-state index is 0.587. The minimum Gasteiger partial charge on any atom is -0.232 e. The number of hydrogen-bond donors (Lipinski definition) is 0. The smallest absolute Gasteiger partial charge is 0.198 e. The van der Waals surface area contributed by atoms with Gasteiger partial charge in [0, 0.05) is 6.20 Å². The first-order chi connectivity index (χ1) is 3.80. The van der Waals surface area contributed by atoms with Crippen LogP contribution in [0.2, 0.25) is 5.02 Å². The molecule has 1 radical (unpaired) electrons. The zero-order chi connectivity index (χ0) is 5.98. The monoisotopic (exact) mass is 127 g/mol. The van der Waals surface area contributed by atoms with Gasteiger partial charge in [-0.05, 0) is 6.92 Å². The lowest BCUT2D eigenvalue weighted by Crippen LogP contribution is -1.82. The van der Waals surface area contributed by atoms with Crippen molar-refractivity contribution in [1.29, 1.82) is 0 Å². The maximum Gasteiger partial charge on any atom is 0.198 e. The highest BCUT2D eigenvalue weighted by molar-refractivity contribution is 6.31. The third-order valence-corrected chi connectivity index (χ3v) is 1.17. The molecular weight excluding hydrogens is 124 g/mol. The lowest BCUT2D eigenvalue weighted by Gasteiger charge is -1.88. The number of halogens is 1. The Morgan fingerprint density at radius 2 is 2.50 bits per heavy atom. The number of hydrogen-bond acceptors (Lipinski definition) is 2. The van der Waals surface area contributed by atoms with Crippen LogP contribution in [0.5, 0.6) is 0 Å². The van der Waals surface area contributed by atoms with Crippen molar-refractivity contribution in [3.8, 4) is 0 Å². The van der Waals surface area contributed by atoms with E-state index in [0.29, 0.717) is 5.02 Å². The molecule has 0 N–H and O–H groups in total. The SMILES string of the molecule is Cc1n[c]ncc1Cl. The predicted molar refractivity (Wildman–Crippen MR) is 30.6 cm³/mol. The Labute approximate surface area is 52.5 Å². The molecular formula is C5H4ClN2. The Morgan fingerprint density at radius 1 is 1.75 bits per heavy atom. The van der Waals surface area contributed by atoms with Gasteiger partial charge in [0.1, 0.15) is 0 Å². The number of aryl methyl sites for hydroxylation is 1.